The van der Waals surface area contributed by atoms with Crippen molar-refractivity contribution in [3.8, 4) is 0 Å². The standard InChI is InChI=1S/C16H36N.C8H12.C5H7N3.C5H4N2O4.CH2Cl2.Rh/c1-5-9-13-17(14-10-6-2,15-11-7-3)16-12-8-4;1-2-4-6-8-7-5-3-1;6-4-2-1-3-5(7)8-4;8-3-1-2(4(9)10)6-5(11)7-3;2-1-3;/h5-16H2,1-4H3;1-2,7-8H,3-6H2;1-3H,(H4,6,7,8);1H,(H3,6,7,8,9,10,11);1H2;/q+1;;;;;/p-2/b;2-1-,8-7-;;;;. The molecule has 2 aromatic rings. The molecule has 0 saturated carbocycles. The molecular weight excluding hydrogens is 742 g/mol. The van der Waals surface area contributed by atoms with Gasteiger partial charge in [0.15, 0.2) is 11.2 Å². The molecule has 0 atom stereocenters. The Bertz CT molecular complexity index is 1110. The number of nitrogens with two attached hydrogens (primary N) is 2. The molecule has 2 heterocycles. The molecule has 0 saturated heterocycles. The number of aromatic carboxylic acids is 1. The molecule has 3 rings (SSSR count). The zero-order chi connectivity index (χ0) is 35.8. The Kier molecular flexibility index (Phi) is 35.8. The number of nitrogens with one attached hydrogen (secondary N) is 1. The molecular formula is C35H59Cl2N6O4Rh-. The molecule has 0 amide bonds. The van der Waals surface area contributed by atoms with Crippen LogP contribution in [0.25, 0.3) is 0 Å². The number of nitrogen functional groups attached to an aromatic ring is 2. The average molecular weight is 802 g/mol. The van der Waals surface area contributed by atoms with E-state index in [2.05, 4.69) is 62.0 Å². The second kappa shape index (κ2) is 34.4. The number of alkyl halides is 2. The summed E-state index contributed by atoms with van der Waals surface area (Å²) < 4.78 is 1.42. The van der Waals surface area contributed by atoms with Gasteiger partial charge in [0.25, 0.3) is 0 Å². The number of halogens is 2. The smallest absolute Gasteiger partial charge is 0.171 e. The summed E-state index contributed by atoms with van der Waals surface area (Å²) in [5, 5.41) is 10.2. The Morgan fingerprint density at radius 3 is 1.42 bits per heavy atom. The van der Waals surface area contributed by atoms with Crippen LogP contribution >= 0.6 is 23.2 Å². The molecule has 48 heavy (non-hydrogen) atoms. The van der Waals surface area contributed by atoms with Gasteiger partial charge in [-0.15, -0.1) is 23.2 Å². The molecule has 1 aliphatic carbocycles. The van der Waals surface area contributed by atoms with Crippen LogP contribution in [0.3, 0.4) is 0 Å². The van der Waals surface area contributed by atoms with Crippen molar-refractivity contribution in [1.29, 1.82) is 0 Å². The third kappa shape index (κ3) is 29.7. The number of carboxylic acid groups (broad SMARTS) is 1. The monoisotopic (exact) mass is 800 g/mol. The number of aromatic nitrogens is 3. The molecule has 0 aliphatic heterocycles. The second-order valence-corrected chi connectivity index (χ2v) is 11.9. The van der Waals surface area contributed by atoms with Gasteiger partial charge in [-0.3, -0.25) is 9.59 Å². The average Bonchev–Trinajstić information content (AvgIpc) is 3.01. The van der Waals surface area contributed by atoms with Crippen LogP contribution in [-0.2, 0) is 19.5 Å². The summed E-state index contributed by atoms with van der Waals surface area (Å²) in [5.41, 5.74) is 8.09. The molecule has 13 heteroatoms. The third-order valence-electron chi connectivity index (χ3n) is 7.00. The van der Waals surface area contributed by atoms with Crippen molar-refractivity contribution >= 4 is 40.8 Å². The number of allylic oxidation sites excluding steroid dienone is 4. The summed E-state index contributed by atoms with van der Waals surface area (Å²) in [5.74, 6) is -0.719. The quantitative estimate of drug-likeness (QED) is 0.0906. The van der Waals surface area contributed by atoms with Gasteiger partial charge in [0.2, 0.25) is 0 Å². The topological polar surface area (TPSA) is 169 Å². The van der Waals surface area contributed by atoms with Crippen molar-refractivity contribution in [2.45, 2.75) is 105 Å². The summed E-state index contributed by atoms with van der Waals surface area (Å²) in [7, 11) is 0. The predicted octanol–water partition coefficient (Wildman–Crippen LogP) is 6.40. The molecule has 5 N–H and O–H groups in total. The Morgan fingerprint density at radius 1 is 0.812 bits per heavy atom. The van der Waals surface area contributed by atoms with Gasteiger partial charge in [0, 0.05) is 19.5 Å². The molecule has 0 spiro atoms. The van der Waals surface area contributed by atoms with Crippen LogP contribution in [-0.4, -0.2) is 51.9 Å². The number of aromatic amines is 1. The minimum atomic E-state index is -1.65. The number of hydrogen-bond donors (Lipinski definition) is 3. The molecule has 10 nitrogen and oxygen atoms in total. The van der Waals surface area contributed by atoms with E-state index in [0.717, 1.165) is 0 Å². The fourth-order valence-electron chi connectivity index (χ4n) is 4.51. The Morgan fingerprint density at radius 2 is 1.17 bits per heavy atom. The number of nitrogens with zero attached hydrogens (tertiary/aromatic N) is 3. The maximum Gasteiger partial charge on any atom is 0.171 e. The van der Waals surface area contributed by atoms with Gasteiger partial charge >= 0.3 is 0 Å². The number of unbranched alkanes of at least 4 members (excludes halogenated alkanes) is 4. The Balaban J connectivity index is -0.000000566. The van der Waals surface area contributed by atoms with Crippen molar-refractivity contribution in [2.24, 2.45) is 0 Å². The molecule has 1 radical (unpaired) electrons. The van der Waals surface area contributed by atoms with E-state index in [1.54, 1.807) is 23.2 Å². The minimum absolute atomic E-state index is 0. The van der Waals surface area contributed by atoms with E-state index < -0.39 is 22.9 Å². The van der Waals surface area contributed by atoms with Crippen molar-refractivity contribution < 1.29 is 33.9 Å². The maximum atomic E-state index is 10.4. The molecule has 2 aromatic heterocycles. The van der Waals surface area contributed by atoms with Gasteiger partial charge < -0.3 is 35.8 Å². The number of carbonyl (C=O) groups excluding carboxylic acids is 1. The first-order valence-corrected chi connectivity index (χ1v) is 17.9. The first-order chi connectivity index (χ1) is 22.5. The van der Waals surface area contributed by atoms with Crippen LogP contribution in [0.1, 0.15) is 115 Å². The molecule has 277 valence electrons. The Hall–Kier alpha value is -2.46. The van der Waals surface area contributed by atoms with Crippen LogP contribution in [0.15, 0.2) is 58.2 Å². The number of pyridine rings is 1. The van der Waals surface area contributed by atoms with E-state index in [1.165, 1.54) is 108 Å². The largest absolute Gasteiger partial charge is 0.545 e. The minimum Gasteiger partial charge on any atom is -0.545 e. The summed E-state index contributed by atoms with van der Waals surface area (Å²) in [6.07, 6.45) is 25.1. The predicted molar refractivity (Wildman–Crippen MR) is 197 cm³/mol. The zero-order valence-corrected chi connectivity index (χ0v) is 32.5. The number of carboxylic acids is 1. The van der Waals surface area contributed by atoms with E-state index in [9.17, 15) is 19.5 Å². The second-order valence-electron chi connectivity index (χ2n) is 11.1. The van der Waals surface area contributed by atoms with Gasteiger partial charge in [-0.25, -0.2) is 4.98 Å². The zero-order valence-electron chi connectivity index (χ0n) is 29.4. The van der Waals surface area contributed by atoms with Crippen molar-refractivity contribution in [2.75, 3.05) is 43.0 Å². The normalized spacial score (nSPS) is 13.0. The number of quaternary nitrogens is 1. The number of H-pyrrole nitrogens is 1. The SMILES string of the molecule is C1=C\CC/C=C\CC/1.CCCC[N+](CCCC)(CCCC)CCCC.ClCCl.Nc1cccc(N)n1.O=C([O-])c1cc(=O)[nH]c(=O)[n-]1.[Rh]. The van der Waals surface area contributed by atoms with E-state index in [0.29, 0.717) is 17.7 Å². The van der Waals surface area contributed by atoms with Crippen LogP contribution in [0.4, 0.5) is 11.6 Å². The van der Waals surface area contributed by atoms with Crippen LogP contribution in [0.5, 0.6) is 0 Å². The van der Waals surface area contributed by atoms with Gasteiger partial charge in [0.1, 0.15) is 11.6 Å². The van der Waals surface area contributed by atoms with Crippen molar-refractivity contribution in [3.05, 3.63) is 75.1 Å². The molecule has 0 bridgehead atoms. The summed E-state index contributed by atoms with van der Waals surface area (Å²) >= 11 is 9.53. The van der Waals surface area contributed by atoms with E-state index in [1.807, 2.05) is 0 Å². The summed E-state index contributed by atoms with van der Waals surface area (Å²) in [6.45, 7) is 15.0. The fraction of sp³-hybridized carbons (Fsp3) is 0.600. The van der Waals surface area contributed by atoms with Crippen molar-refractivity contribution in [3.63, 3.8) is 0 Å². The first kappa shape index (κ1) is 49.9. The van der Waals surface area contributed by atoms with Gasteiger partial charge in [0.05, 0.1) is 37.5 Å². The van der Waals surface area contributed by atoms with Gasteiger partial charge in [-0.1, -0.05) is 83.7 Å². The molecule has 0 fully saturated rings. The van der Waals surface area contributed by atoms with E-state index in [4.69, 9.17) is 34.7 Å². The van der Waals surface area contributed by atoms with Crippen LogP contribution in [0.2, 0.25) is 0 Å². The maximum absolute atomic E-state index is 10.4. The van der Waals surface area contributed by atoms with Crippen molar-refractivity contribution in [1.82, 2.24) is 15.0 Å². The summed E-state index contributed by atoms with van der Waals surface area (Å²) in [6, 6.07) is 5.82. The third-order valence-corrected chi connectivity index (χ3v) is 7.00. The number of anilines is 2. The van der Waals surface area contributed by atoms with Gasteiger partial charge in [-0.2, -0.15) is 0 Å². The molecule has 0 unspecified atom stereocenters. The molecule has 1 aliphatic rings. The summed E-state index contributed by atoms with van der Waals surface area (Å²) in [4.78, 5) is 39.3. The van der Waals surface area contributed by atoms with Gasteiger partial charge in [-0.05, 0) is 75.3 Å². The van der Waals surface area contributed by atoms with Crippen LogP contribution < -0.4 is 32.8 Å². The fourth-order valence-corrected chi connectivity index (χ4v) is 4.51. The number of hydrogen-bond acceptors (Lipinski definition) is 7. The Labute approximate surface area is 311 Å². The number of rotatable bonds is 13. The molecule has 0 aromatic carbocycles. The van der Waals surface area contributed by atoms with E-state index in [-0.39, 0.29) is 24.8 Å². The van der Waals surface area contributed by atoms with E-state index >= 15 is 0 Å². The number of carbonyl (C=O) groups is 1. The first-order valence-electron chi connectivity index (χ1n) is 16.8. The van der Waals surface area contributed by atoms with Crippen LogP contribution in [0, 0.1) is 0 Å².